The molecule has 0 atom stereocenters. The van der Waals surface area contributed by atoms with Crippen molar-refractivity contribution in [1.29, 1.82) is 0 Å². The Labute approximate surface area is 118 Å². The smallest absolute Gasteiger partial charge is 0.279 e. The topological polar surface area (TPSA) is 65.3 Å². The lowest BCUT2D eigenvalue weighted by atomic mass is 10.2. The van der Waals surface area contributed by atoms with Crippen LogP contribution in [0.1, 0.15) is 11.1 Å². The minimum Gasteiger partial charge on any atom is -0.438 e. The number of ether oxygens (including phenoxy) is 1. The predicted molar refractivity (Wildman–Crippen MR) is 74.6 cm³/mol. The molecule has 0 saturated heterocycles. The molecule has 5 nitrogen and oxygen atoms in total. The summed E-state index contributed by atoms with van der Waals surface area (Å²) in [4.78, 5) is 14.4. The quantitative estimate of drug-likeness (QED) is 0.628. The number of nitro groups is 1. The van der Waals surface area contributed by atoms with Gasteiger partial charge in [-0.15, -0.1) is 0 Å². The molecule has 0 amide bonds. The summed E-state index contributed by atoms with van der Waals surface area (Å²) in [5.74, 6) is 0.830. The molecule has 0 aliphatic carbocycles. The monoisotopic (exact) mass is 322 g/mol. The number of pyridine rings is 1. The zero-order valence-corrected chi connectivity index (χ0v) is 12.0. The van der Waals surface area contributed by atoms with E-state index >= 15 is 0 Å². The van der Waals surface area contributed by atoms with E-state index in [1.54, 1.807) is 13.0 Å². The number of hydrogen-bond acceptors (Lipinski definition) is 4. The molecule has 0 unspecified atom stereocenters. The van der Waals surface area contributed by atoms with Gasteiger partial charge < -0.3 is 4.74 Å². The summed E-state index contributed by atoms with van der Waals surface area (Å²) < 4.78 is 6.52. The van der Waals surface area contributed by atoms with E-state index in [1.807, 2.05) is 19.1 Å². The molecule has 0 aliphatic rings. The van der Waals surface area contributed by atoms with Gasteiger partial charge in [-0.3, -0.25) is 10.1 Å². The van der Waals surface area contributed by atoms with Gasteiger partial charge in [0.25, 0.3) is 5.69 Å². The van der Waals surface area contributed by atoms with Gasteiger partial charge in [0.15, 0.2) is 0 Å². The summed E-state index contributed by atoms with van der Waals surface area (Å²) in [6.45, 7) is 3.53. The van der Waals surface area contributed by atoms with Crippen LogP contribution in [0.3, 0.4) is 0 Å². The molecule has 1 aromatic carbocycles. The molecule has 0 aliphatic heterocycles. The molecule has 1 heterocycles. The minimum absolute atomic E-state index is 0.000218. The van der Waals surface area contributed by atoms with Crippen molar-refractivity contribution in [3.63, 3.8) is 0 Å². The lowest BCUT2D eigenvalue weighted by Crippen LogP contribution is -1.96. The molecule has 0 fully saturated rings. The number of halogens is 1. The second kappa shape index (κ2) is 5.36. The van der Waals surface area contributed by atoms with Crippen molar-refractivity contribution in [2.24, 2.45) is 0 Å². The Bertz CT molecular complexity index is 644. The molecule has 2 rings (SSSR count). The van der Waals surface area contributed by atoms with Gasteiger partial charge in [0.1, 0.15) is 5.75 Å². The average Bonchev–Trinajstić information content (AvgIpc) is 2.34. The van der Waals surface area contributed by atoms with Gasteiger partial charge >= 0.3 is 0 Å². The first-order valence-corrected chi connectivity index (χ1v) is 6.31. The van der Waals surface area contributed by atoms with Gasteiger partial charge in [0.05, 0.1) is 11.0 Å². The standard InChI is InChI=1S/C13H11BrN2O3/c1-8-5-10(14)3-4-12(8)19-13-6-11(16(17)18)9(2)7-15-13/h3-7H,1-2H3. The molecular formula is C13H11BrN2O3. The molecule has 19 heavy (non-hydrogen) atoms. The fourth-order valence-corrected chi connectivity index (χ4v) is 2.06. The Morgan fingerprint density at radius 1 is 1.26 bits per heavy atom. The first kappa shape index (κ1) is 13.5. The Kier molecular flexibility index (Phi) is 3.80. The molecule has 6 heteroatoms. The summed E-state index contributed by atoms with van der Waals surface area (Å²) in [6, 6.07) is 6.85. The number of aromatic nitrogens is 1. The van der Waals surface area contributed by atoms with Crippen molar-refractivity contribution in [2.75, 3.05) is 0 Å². The first-order chi connectivity index (χ1) is 8.97. The van der Waals surface area contributed by atoms with Crippen LogP contribution in [-0.4, -0.2) is 9.91 Å². The highest BCUT2D eigenvalue weighted by atomic mass is 79.9. The van der Waals surface area contributed by atoms with Crippen LogP contribution < -0.4 is 4.74 Å². The van der Waals surface area contributed by atoms with Crippen LogP contribution in [0, 0.1) is 24.0 Å². The van der Waals surface area contributed by atoms with E-state index in [0.29, 0.717) is 11.3 Å². The van der Waals surface area contributed by atoms with E-state index < -0.39 is 4.92 Å². The second-order valence-electron chi connectivity index (χ2n) is 4.08. The van der Waals surface area contributed by atoms with Crippen molar-refractivity contribution in [3.8, 4) is 11.6 Å². The van der Waals surface area contributed by atoms with Crippen LogP contribution in [0.4, 0.5) is 5.69 Å². The van der Waals surface area contributed by atoms with Gasteiger partial charge in [-0.1, -0.05) is 15.9 Å². The highest BCUT2D eigenvalue weighted by molar-refractivity contribution is 9.10. The third-order valence-corrected chi connectivity index (χ3v) is 3.09. The van der Waals surface area contributed by atoms with Crippen LogP contribution >= 0.6 is 15.9 Å². The largest absolute Gasteiger partial charge is 0.438 e. The normalized spacial score (nSPS) is 10.3. The summed E-state index contributed by atoms with van der Waals surface area (Å²) in [6.07, 6.45) is 1.43. The SMILES string of the molecule is Cc1cc(Br)ccc1Oc1cc([N+](=O)[O-])c(C)cn1. The van der Waals surface area contributed by atoms with Gasteiger partial charge in [-0.2, -0.15) is 0 Å². The zero-order chi connectivity index (χ0) is 14.0. The zero-order valence-electron chi connectivity index (χ0n) is 10.4. The molecular weight excluding hydrogens is 312 g/mol. The predicted octanol–water partition coefficient (Wildman–Crippen LogP) is 4.16. The molecule has 0 saturated carbocycles. The van der Waals surface area contributed by atoms with Crippen molar-refractivity contribution in [2.45, 2.75) is 13.8 Å². The van der Waals surface area contributed by atoms with Crippen LogP contribution in [-0.2, 0) is 0 Å². The Morgan fingerprint density at radius 3 is 2.63 bits per heavy atom. The third kappa shape index (κ3) is 3.08. The maximum atomic E-state index is 10.9. The molecule has 1 aromatic heterocycles. The fourth-order valence-electron chi connectivity index (χ4n) is 1.59. The second-order valence-corrected chi connectivity index (χ2v) is 4.99. The highest BCUT2D eigenvalue weighted by Crippen LogP contribution is 2.29. The summed E-state index contributed by atoms with van der Waals surface area (Å²) in [5.41, 5.74) is 1.42. The molecule has 0 N–H and O–H groups in total. The summed E-state index contributed by atoms with van der Waals surface area (Å²) in [7, 11) is 0. The van der Waals surface area contributed by atoms with Crippen LogP contribution in [0.2, 0.25) is 0 Å². The molecule has 0 bridgehead atoms. The van der Waals surface area contributed by atoms with Crippen LogP contribution in [0.15, 0.2) is 34.9 Å². The lowest BCUT2D eigenvalue weighted by molar-refractivity contribution is -0.385. The summed E-state index contributed by atoms with van der Waals surface area (Å²) >= 11 is 3.36. The average molecular weight is 323 g/mol. The van der Waals surface area contributed by atoms with E-state index in [1.165, 1.54) is 12.3 Å². The Balaban J connectivity index is 2.33. The summed E-state index contributed by atoms with van der Waals surface area (Å²) in [5, 5.41) is 10.9. The molecule has 0 spiro atoms. The fraction of sp³-hybridized carbons (Fsp3) is 0.154. The van der Waals surface area contributed by atoms with Crippen LogP contribution in [0.5, 0.6) is 11.6 Å². The van der Waals surface area contributed by atoms with Crippen LogP contribution in [0.25, 0.3) is 0 Å². The molecule has 98 valence electrons. The lowest BCUT2D eigenvalue weighted by Gasteiger charge is -2.08. The first-order valence-electron chi connectivity index (χ1n) is 5.52. The van der Waals surface area contributed by atoms with E-state index in [-0.39, 0.29) is 11.6 Å². The molecule has 2 aromatic rings. The Morgan fingerprint density at radius 2 is 2.00 bits per heavy atom. The van der Waals surface area contributed by atoms with E-state index in [4.69, 9.17) is 4.74 Å². The minimum atomic E-state index is -0.446. The van der Waals surface area contributed by atoms with Gasteiger partial charge in [0, 0.05) is 16.2 Å². The van der Waals surface area contributed by atoms with Gasteiger partial charge in [-0.05, 0) is 37.6 Å². The van der Waals surface area contributed by atoms with E-state index in [9.17, 15) is 10.1 Å². The van der Waals surface area contributed by atoms with E-state index in [0.717, 1.165) is 10.0 Å². The van der Waals surface area contributed by atoms with Gasteiger partial charge in [0.2, 0.25) is 5.88 Å². The van der Waals surface area contributed by atoms with E-state index in [2.05, 4.69) is 20.9 Å². The van der Waals surface area contributed by atoms with Crippen molar-refractivity contribution < 1.29 is 9.66 Å². The number of rotatable bonds is 3. The van der Waals surface area contributed by atoms with Crippen molar-refractivity contribution in [1.82, 2.24) is 4.98 Å². The van der Waals surface area contributed by atoms with Gasteiger partial charge in [-0.25, -0.2) is 4.98 Å². The third-order valence-electron chi connectivity index (χ3n) is 2.60. The number of hydrogen-bond donors (Lipinski definition) is 0. The highest BCUT2D eigenvalue weighted by Gasteiger charge is 2.13. The maximum Gasteiger partial charge on any atom is 0.279 e. The maximum absolute atomic E-state index is 10.9. The number of benzene rings is 1. The Hall–Kier alpha value is -1.95. The van der Waals surface area contributed by atoms with Crippen molar-refractivity contribution >= 4 is 21.6 Å². The number of nitrogens with zero attached hydrogens (tertiary/aromatic N) is 2. The van der Waals surface area contributed by atoms with Crippen molar-refractivity contribution in [3.05, 3.63) is 56.2 Å². The number of aryl methyl sites for hydroxylation is 2. The molecule has 0 radical (unpaired) electrons.